The second kappa shape index (κ2) is 15.8. The molecule has 2 aromatic carbocycles. The highest BCUT2D eigenvalue weighted by Gasteiger charge is 2.33. The van der Waals surface area contributed by atoms with E-state index in [4.69, 9.17) is 33.5 Å². The van der Waals surface area contributed by atoms with Crippen molar-refractivity contribution in [2.45, 2.75) is 44.8 Å². The molecule has 2 fully saturated rings. The van der Waals surface area contributed by atoms with Crippen molar-refractivity contribution < 1.29 is 13.9 Å². The summed E-state index contributed by atoms with van der Waals surface area (Å²) in [5, 5.41) is 4.12. The minimum atomic E-state index is -0.495. The highest BCUT2D eigenvalue weighted by Crippen LogP contribution is 2.26. The van der Waals surface area contributed by atoms with Gasteiger partial charge in [-0.15, -0.1) is 0 Å². The number of hydrogen-bond acceptors (Lipinski definition) is 8. The Bertz CT molecular complexity index is 1160. The van der Waals surface area contributed by atoms with Gasteiger partial charge in [-0.2, -0.15) is 0 Å². The lowest BCUT2D eigenvalue weighted by Crippen LogP contribution is -2.55. The predicted molar refractivity (Wildman–Crippen MR) is 167 cm³/mol. The average Bonchev–Trinajstić information content (AvgIpc) is 3.01. The van der Waals surface area contributed by atoms with E-state index in [2.05, 4.69) is 15.1 Å². The number of nitrogens with one attached hydrogen (secondary N) is 1. The second-order valence-electron chi connectivity index (χ2n) is 11.4. The molecule has 2 saturated heterocycles. The van der Waals surface area contributed by atoms with Crippen LogP contribution in [0.3, 0.4) is 0 Å². The lowest BCUT2D eigenvalue weighted by atomic mass is 9.88. The molecule has 7 N–H and O–H groups in total. The number of piperazine rings is 1. The van der Waals surface area contributed by atoms with E-state index in [1.165, 1.54) is 6.07 Å². The standard InChI is InChI=1S/C31H47ClFN7O2/c1-2-42-29-5-3-4-27(33)26(29)21-39-14-16-40(17-15-39)31(41)30(36)22-8-11-38(12-9-22)13-10-23-18-24(32)6-7-28(23)37-20-25(35)19-34/h3-7,18,22,25,30,37H,2,8-17,19-21,34-36H2,1H3/t25-,30-/m1/s1. The number of carbonyl (C=O) groups is 1. The first-order valence-electron chi connectivity index (χ1n) is 15.2. The summed E-state index contributed by atoms with van der Waals surface area (Å²) < 4.78 is 20.1. The van der Waals surface area contributed by atoms with E-state index in [0.717, 1.165) is 50.1 Å². The monoisotopic (exact) mass is 603 g/mol. The van der Waals surface area contributed by atoms with Gasteiger partial charge in [-0.25, -0.2) is 4.39 Å². The van der Waals surface area contributed by atoms with Crippen molar-refractivity contribution in [2.24, 2.45) is 23.1 Å². The molecule has 1 amide bonds. The lowest BCUT2D eigenvalue weighted by molar-refractivity contribution is -0.136. The highest BCUT2D eigenvalue weighted by atomic mass is 35.5. The normalized spacial score (nSPS) is 18.6. The summed E-state index contributed by atoms with van der Waals surface area (Å²) in [5.74, 6) is 0.519. The maximum Gasteiger partial charge on any atom is 0.239 e. The Balaban J connectivity index is 1.21. The molecule has 2 atom stereocenters. The van der Waals surface area contributed by atoms with Crippen molar-refractivity contribution in [3.8, 4) is 5.75 Å². The summed E-state index contributed by atoms with van der Waals surface area (Å²) in [6, 6.07) is 10.2. The van der Waals surface area contributed by atoms with Crippen LogP contribution in [0.5, 0.6) is 5.75 Å². The molecule has 42 heavy (non-hydrogen) atoms. The molecule has 2 aliphatic heterocycles. The number of hydrogen-bond donors (Lipinski definition) is 4. The van der Waals surface area contributed by atoms with Crippen LogP contribution in [0.15, 0.2) is 36.4 Å². The van der Waals surface area contributed by atoms with Crippen molar-refractivity contribution in [3.05, 3.63) is 58.4 Å². The molecule has 232 valence electrons. The molecule has 0 saturated carbocycles. The average molecular weight is 604 g/mol. The van der Waals surface area contributed by atoms with E-state index in [9.17, 15) is 9.18 Å². The molecule has 2 heterocycles. The molecule has 0 aromatic heterocycles. The Labute approximate surface area is 254 Å². The van der Waals surface area contributed by atoms with Crippen LogP contribution in [0.25, 0.3) is 0 Å². The number of anilines is 1. The number of carbonyl (C=O) groups excluding carboxylic acids is 1. The zero-order valence-corrected chi connectivity index (χ0v) is 25.5. The summed E-state index contributed by atoms with van der Waals surface area (Å²) in [4.78, 5) is 19.8. The van der Waals surface area contributed by atoms with Gasteiger partial charge < -0.3 is 37.1 Å². The van der Waals surface area contributed by atoms with E-state index in [0.29, 0.717) is 68.8 Å². The number of halogens is 2. The van der Waals surface area contributed by atoms with E-state index in [1.807, 2.05) is 30.0 Å². The Morgan fingerprint density at radius 2 is 1.83 bits per heavy atom. The molecule has 9 nitrogen and oxygen atoms in total. The number of rotatable bonds is 13. The molecule has 2 aromatic rings. The topological polar surface area (TPSA) is 126 Å². The molecular weight excluding hydrogens is 557 g/mol. The fourth-order valence-electron chi connectivity index (χ4n) is 5.83. The van der Waals surface area contributed by atoms with Gasteiger partial charge >= 0.3 is 0 Å². The maximum atomic E-state index is 14.5. The van der Waals surface area contributed by atoms with Gasteiger partial charge in [0, 0.05) is 74.7 Å². The number of piperidine rings is 1. The first-order valence-corrected chi connectivity index (χ1v) is 15.5. The molecule has 0 unspecified atom stereocenters. The SMILES string of the molecule is CCOc1cccc(F)c1CN1CCN(C(=O)[C@H](N)C2CCN(CCc3cc(Cl)ccc3NC[C@H](N)CN)CC2)CC1. The third kappa shape index (κ3) is 8.78. The van der Waals surface area contributed by atoms with Gasteiger partial charge in [-0.1, -0.05) is 17.7 Å². The van der Waals surface area contributed by atoms with Gasteiger partial charge in [0.15, 0.2) is 0 Å². The van der Waals surface area contributed by atoms with Crippen LogP contribution in [0.1, 0.15) is 30.9 Å². The van der Waals surface area contributed by atoms with Crippen LogP contribution in [0.2, 0.25) is 5.02 Å². The summed E-state index contributed by atoms with van der Waals surface area (Å²) in [6.45, 7) is 9.14. The first-order chi connectivity index (χ1) is 20.3. The maximum absolute atomic E-state index is 14.5. The van der Waals surface area contributed by atoms with E-state index < -0.39 is 6.04 Å². The number of amides is 1. The van der Waals surface area contributed by atoms with E-state index in [-0.39, 0.29) is 23.7 Å². The Hall–Kier alpha value is -2.47. The summed E-state index contributed by atoms with van der Waals surface area (Å²) in [7, 11) is 0. The molecule has 0 spiro atoms. The number of nitrogens with zero attached hydrogens (tertiary/aromatic N) is 3. The number of benzene rings is 2. The lowest BCUT2D eigenvalue weighted by Gasteiger charge is -2.39. The van der Waals surface area contributed by atoms with Crippen molar-refractivity contribution in [3.63, 3.8) is 0 Å². The van der Waals surface area contributed by atoms with Crippen LogP contribution >= 0.6 is 11.6 Å². The van der Waals surface area contributed by atoms with E-state index in [1.54, 1.807) is 12.1 Å². The Morgan fingerprint density at radius 3 is 2.52 bits per heavy atom. The summed E-state index contributed by atoms with van der Waals surface area (Å²) in [6.07, 6.45) is 2.65. The molecule has 0 radical (unpaired) electrons. The van der Waals surface area contributed by atoms with E-state index >= 15 is 0 Å². The second-order valence-corrected chi connectivity index (χ2v) is 11.8. The molecular formula is C31H47ClFN7O2. The zero-order valence-electron chi connectivity index (χ0n) is 24.7. The quantitative estimate of drug-likeness (QED) is 0.275. The van der Waals surface area contributed by atoms with Crippen LogP contribution in [-0.4, -0.2) is 98.2 Å². The van der Waals surface area contributed by atoms with Gasteiger partial charge in [0.05, 0.1) is 12.6 Å². The fraction of sp³-hybridized carbons (Fsp3) is 0.581. The Morgan fingerprint density at radius 1 is 1.10 bits per heavy atom. The van der Waals surface area contributed by atoms with Gasteiger partial charge in [0.25, 0.3) is 0 Å². The van der Waals surface area contributed by atoms with Crippen molar-refractivity contribution in [1.29, 1.82) is 0 Å². The van der Waals surface area contributed by atoms with Gasteiger partial charge in [0.1, 0.15) is 11.6 Å². The third-order valence-corrected chi connectivity index (χ3v) is 8.72. The van der Waals surface area contributed by atoms with Gasteiger partial charge in [0.2, 0.25) is 5.91 Å². The van der Waals surface area contributed by atoms with Crippen LogP contribution in [0, 0.1) is 11.7 Å². The van der Waals surface area contributed by atoms with Gasteiger partial charge in [-0.05, 0) is 81.1 Å². The van der Waals surface area contributed by atoms with Crippen LogP contribution < -0.4 is 27.3 Å². The summed E-state index contributed by atoms with van der Waals surface area (Å²) >= 11 is 6.29. The predicted octanol–water partition coefficient (Wildman–Crippen LogP) is 2.50. The minimum absolute atomic E-state index is 0.0272. The molecule has 0 bridgehead atoms. The number of ether oxygens (including phenoxy) is 1. The summed E-state index contributed by atoms with van der Waals surface area (Å²) in [5.41, 5.74) is 20.9. The third-order valence-electron chi connectivity index (χ3n) is 8.49. The van der Waals surface area contributed by atoms with Crippen LogP contribution in [-0.2, 0) is 17.8 Å². The molecule has 0 aliphatic carbocycles. The highest BCUT2D eigenvalue weighted by molar-refractivity contribution is 6.30. The number of likely N-dealkylation sites (tertiary alicyclic amines) is 1. The molecule has 11 heteroatoms. The van der Waals surface area contributed by atoms with Crippen molar-refractivity contribution >= 4 is 23.2 Å². The first kappa shape index (κ1) is 32.4. The smallest absolute Gasteiger partial charge is 0.239 e. The zero-order chi connectivity index (χ0) is 30.1. The molecule has 2 aliphatic rings. The number of nitrogens with two attached hydrogens (primary N) is 3. The minimum Gasteiger partial charge on any atom is -0.493 e. The molecule has 4 rings (SSSR count). The van der Waals surface area contributed by atoms with Crippen molar-refractivity contribution in [1.82, 2.24) is 14.7 Å². The Kier molecular flexibility index (Phi) is 12.2. The largest absolute Gasteiger partial charge is 0.493 e. The van der Waals surface area contributed by atoms with Crippen molar-refractivity contribution in [2.75, 3.05) is 70.8 Å². The fourth-order valence-corrected chi connectivity index (χ4v) is 6.02. The van der Waals surface area contributed by atoms with Gasteiger partial charge in [-0.3, -0.25) is 9.69 Å². The van der Waals surface area contributed by atoms with Crippen LogP contribution in [0.4, 0.5) is 10.1 Å².